The number of methoxy groups -OCH3 is 2. The van der Waals surface area contributed by atoms with E-state index in [4.69, 9.17) is 25.4 Å². The fourth-order valence-corrected chi connectivity index (χ4v) is 5.96. The van der Waals surface area contributed by atoms with Crippen molar-refractivity contribution in [2.24, 2.45) is 5.73 Å². The number of rotatable bonds is 13. The van der Waals surface area contributed by atoms with Gasteiger partial charge in [-0.2, -0.15) is 0 Å². The predicted molar refractivity (Wildman–Crippen MR) is 180 cm³/mol. The normalized spacial score (nSPS) is 12.5. The molecular formula is C36H41N7O3. The van der Waals surface area contributed by atoms with E-state index in [1.54, 1.807) is 28.1 Å². The number of ether oxygens (including phenoxy) is 2. The second kappa shape index (κ2) is 13.1. The largest absolute Gasteiger partial charge is 0.497 e. The fourth-order valence-electron chi connectivity index (χ4n) is 5.96. The third-order valence-electron chi connectivity index (χ3n) is 8.50. The van der Waals surface area contributed by atoms with Crippen LogP contribution in [0.5, 0.6) is 11.5 Å². The summed E-state index contributed by atoms with van der Waals surface area (Å²) in [6.07, 6.45) is 7.03. The first-order valence-corrected chi connectivity index (χ1v) is 15.6. The van der Waals surface area contributed by atoms with Crippen LogP contribution in [0, 0.1) is 0 Å². The Kier molecular flexibility index (Phi) is 8.81. The van der Waals surface area contributed by atoms with Crippen LogP contribution in [0.25, 0.3) is 21.8 Å². The van der Waals surface area contributed by atoms with Gasteiger partial charge >= 0.3 is 0 Å². The first-order valence-electron chi connectivity index (χ1n) is 15.6. The van der Waals surface area contributed by atoms with Crippen molar-refractivity contribution in [3.8, 4) is 11.5 Å². The number of carbonyl (C=O) groups is 1. The number of benzene rings is 3. The van der Waals surface area contributed by atoms with Crippen molar-refractivity contribution < 1.29 is 14.3 Å². The van der Waals surface area contributed by atoms with Crippen LogP contribution in [-0.2, 0) is 30.6 Å². The van der Waals surface area contributed by atoms with Gasteiger partial charge in [0, 0.05) is 58.7 Å². The number of aromatic nitrogens is 5. The maximum atomic E-state index is 13.4. The molecular weight excluding hydrogens is 578 g/mol. The summed E-state index contributed by atoms with van der Waals surface area (Å²) >= 11 is 0. The van der Waals surface area contributed by atoms with Crippen LogP contribution >= 0.6 is 0 Å². The molecule has 10 heteroatoms. The Morgan fingerprint density at radius 2 is 1.57 bits per heavy atom. The minimum atomic E-state index is -1.08. The van der Waals surface area contributed by atoms with Crippen molar-refractivity contribution in [3.63, 3.8) is 0 Å². The number of nitrogens with one attached hydrogen (secondary N) is 3. The zero-order valence-electron chi connectivity index (χ0n) is 26.8. The van der Waals surface area contributed by atoms with Crippen molar-refractivity contribution >= 4 is 27.7 Å². The van der Waals surface area contributed by atoms with E-state index in [1.807, 2.05) is 48.7 Å². The molecule has 1 unspecified atom stereocenters. The summed E-state index contributed by atoms with van der Waals surface area (Å²) in [6.45, 7) is 3.85. The molecule has 0 aliphatic carbocycles. The molecule has 238 valence electrons. The average Bonchev–Trinajstić information content (AvgIpc) is 3.78. The third-order valence-corrected chi connectivity index (χ3v) is 8.50. The van der Waals surface area contributed by atoms with E-state index in [0.29, 0.717) is 36.7 Å². The zero-order chi connectivity index (χ0) is 32.3. The number of nitrogens with two attached hydrogens (primary N) is 1. The molecule has 1 atom stereocenters. The fraction of sp³-hybridized carbons (Fsp3) is 0.306. The van der Waals surface area contributed by atoms with Gasteiger partial charge in [0.2, 0.25) is 5.91 Å². The van der Waals surface area contributed by atoms with E-state index in [1.165, 1.54) is 10.9 Å². The Balaban J connectivity index is 1.37. The average molecular weight is 620 g/mol. The molecule has 0 bridgehead atoms. The molecule has 0 saturated heterocycles. The lowest BCUT2D eigenvalue weighted by molar-refractivity contribution is -0.126. The van der Waals surface area contributed by atoms with Crippen LogP contribution < -0.4 is 20.5 Å². The number of nitrogens with zero attached hydrogens (tertiary/aromatic N) is 3. The Labute approximate surface area is 268 Å². The number of hydrogen-bond donors (Lipinski definition) is 4. The molecule has 0 aliphatic rings. The molecule has 0 aliphatic heterocycles. The van der Waals surface area contributed by atoms with Crippen LogP contribution in [0.3, 0.4) is 0 Å². The third kappa shape index (κ3) is 6.48. The minimum Gasteiger partial charge on any atom is -0.497 e. The lowest BCUT2D eigenvalue weighted by Gasteiger charge is -2.25. The summed E-state index contributed by atoms with van der Waals surface area (Å²) in [6, 6.07) is 21.8. The van der Waals surface area contributed by atoms with Gasteiger partial charge in [0.15, 0.2) is 5.82 Å². The highest BCUT2D eigenvalue weighted by molar-refractivity contribution is 5.86. The highest BCUT2D eigenvalue weighted by Gasteiger charge is 2.30. The molecule has 0 spiro atoms. The van der Waals surface area contributed by atoms with Gasteiger partial charge in [-0.15, -0.1) is 10.2 Å². The van der Waals surface area contributed by atoms with Crippen molar-refractivity contribution in [1.82, 2.24) is 30.0 Å². The summed E-state index contributed by atoms with van der Waals surface area (Å²) in [5, 5.41) is 15.0. The van der Waals surface area contributed by atoms with Gasteiger partial charge in [-0.05, 0) is 62.1 Å². The van der Waals surface area contributed by atoms with Crippen LogP contribution in [-0.4, -0.2) is 50.4 Å². The predicted octanol–water partition coefficient (Wildman–Crippen LogP) is 5.62. The number of fused-ring (bicyclic) bond motifs is 2. The lowest BCUT2D eigenvalue weighted by atomic mass is 10.0. The van der Waals surface area contributed by atoms with Gasteiger partial charge in [-0.3, -0.25) is 4.79 Å². The standard InChI is InChI=1S/C36H41N7O3/c1-36(2,37)35(44)40-31(18-25-21-39-30-14-8-6-12-28(25)30)34-42-41-33(15-9-10-23-20-38-29-13-7-5-11-27(23)29)43(34)22-24-16-17-26(45-3)19-32(24)46-4/h5-8,11-14,16-17,19-21,31,38-39H,9-10,15,18,22,37H2,1-4H3,(H,40,44). The molecule has 10 nitrogen and oxygen atoms in total. The van der Waals surface area contributed by atoms with E-state index in [-0.39, 0.29) is 5.91 Å². The molecule has 0 radical (unpaired) electrons. The maximum absolute atomic E-state index is 13.4. The summed E-state index contributed by atoms with van der Waals surface area (Å²) in [4.78, 5) is 20.1. The van der Waals surface area contributed by atoms with Gasteiger partial charge in [-0.1, -0.05) is 36.4 Å². The van der Waals surface area contributed by atoms with Crippen LogP contribution in [0.1, 0.15) is 54.6 Å². The minimum absolute atomic E-state index is 0.269. The number of aryl methyl sites for hydroxylation is 2. The lowest BCUT2D eigenvalue weighted by Crippen LogP contribution is -2.50. The Hall–Kier alpha value is -5.09. The molecule has 0 saturated carbocycles. The highest BCUT2D eigenvalue weighted by atomic mass is 16.5. The number of aromatic amines is 2. The Bertz CT molecular complexity index is 1960. The SMILES string of the molecule is COc1ccc(Cn2c(CCCc3c[nH]c4ccccc34)nnc2C(Cc2c[nH]c3ccccc23)NC(=O)C(C)(C)N)c(OC)c1. The van der Waals surface area contributed by atoms with Gasteiger partial charge < -0.3 is 35.1 Å². The second-order valence-electron chi connectivity index (χ2n) is 12.3. The van der Waals surface area contributed by atoms with Crippen molar-refractivity contribution in [1.29, 1.82) is 0 Å². The van der Waals surface area contributed by atoms with Crippen LogP contribution in [0.15, 0.2) is 79.1 Å². The Morgan fingerprint density at radius 3 is 2.24 bits per heavy atom. The zero-order valence-corrected chi connectivity index (χ0v) is 26.8. The van der Waals surface area contributed by atoms with Gasteiger partial charge in [-0.25, -0.2) is 0 Å². The number of para-hydroxylation sites is 2. The maximum Gasteiger partial charge on any atom is 0.240 e. The molecule has 46 heavy (non-hydrogen) atoms. The monoisotopic (exact) mass is 619 g/mol. The van der Waals surface area contributed by atoms with Gasteiger partial charge in [0.25, 0.3) is 0 Å². The van der Waals surface area contributed by atoms with E-state index < -0.39 is 11.6 Å². The molecule has 6 aromatic rings. The first-order chi connectivity index (χ1) is 22.2. The number of carbonyl (C=O) groups excluding carboxylic acids is 1. The number of H-pyrrole nitrogens is 2. The molecule has 1 amide bonds. The highest BCUT2D eigenvalue weighted by Crippen LogP contribution is 2.29. The van der Waals surface area contributed by atoms with Gasteiger partial charge in [0.1, 0.15) is 17.3 Å². The van der Waals surface area contributed by atoms with E-state index in [0.717, 1.165) is 46.2 Å². The molecule has 0 fully saturated rings. The molecule has 5 N–H and O–H groups in total. The van der Waals surface area contributed by atoms with Crippen molar-refractivity contribution in [2.75, 3.05) is 14.2 Å². The summed E-state index contributed by atoms with van der Waals surface area (Å²) in [5.74, 6) is 2.62. The Morgan fingerprint density at radius 1 is 0.891 bits per heavy atom. The van der Waals surface area contributed by atoms with Crippen LogP contribution in [0.2, 0.25) is 0 Å². The van der Waals surface area contributed by atoms with Crippen molar-refractivity contribution in [3.05, 3.63) is 107 Å². The van der Waals surface area contributed by atoms with E-state index >= 15 is 0 Å². The summed E-state index contributed by atoms with van der Waals surface area (Å²) in [5.41, 5.74) is 10.6. The molecule has 3 aromatic heterocycles. The van der Waals surface area contributed by atoms with Crippen LogP contribution in [0.4, 0.5) is 0 Å². The molecule has 3 aromatic carbocycles. The first kappa shape index (κ1) is 30.9. The van der Waals surface area contributed by atoms with Gasteiger partial charge in [0.05, 0.1) is 32.3 Å². The summed E-state index contributed by atoms with van der Waals surface area (Å²) < 4.78 is 13.3. The topological polar surface area (TPSA) is 136 Å². The molecule has 3 heterocycles. The quantitative estimate of drug-likeness (QED) is 0.133. The van der Waals surface area contributed by atoms with Crippen molar-refractivity contribution in [2.45, 2.75) is 57.7 Å². The smallest absolute Gasteiger partial charge is 0.240 e. The van der Waals surface area contributed by atoms with E-state index in [2.05, 4.69) is 50.3 Å². The molecule has 6 rings (SSSR count). The van der Waals surface area contributed by atoms with E-state index in [9.17, 15) is 4.79 Å². The second-order valence-corrected chi connectivity index (χ2v) is 12.3. The summed E-state index contributed by atoms with van der Waals surface area (Å²) in [7, 11) is 3.28. The number of amides is 1. The number of hydrogen-bond acceptors (Lipinski definition) is 6.